The van der Waals surface area contributed by atoms with E-state index in [1.807, 2.05) is 13.0 Å². The highest BCUT2D eigenvalue weighted by Gasteiger charge is 2.27. The van der Waals surface area contributed by atoms with Crippen molar-refractivity contribution in [3.63, 3.8) is 0 Å². The molecule has 1 aromatic rings. The minimum atomic E-state index is -0.325. The summed E-state index contributed by atoms with van der Waals surface area (Å²) in [6.45, 7) is 2.47. The Kier molecular flexibility index (Phi) is 5.06. The number of nitrogens with two attached hydrogens (primary N) is 1. The van der Waals surface area contributed by atoms with Crippen LogP contribution in [0.15, 0.2) is 18.2 Å². The Labute approximate surface area is 106 Å². The molecular weight excluding hydrogens is 245 g/mol. The fourth-order valence-electron chi connectivity index (χ4n) is 1.65. The zero-order chi connectivity index (χ0) is 12.2. The molecule has 0 aliphatic carbocycles. The average Bonchev–Trinajstić information content (AvgIpc) is 2.30. The zero-order valence-corrected chi connectivity index (χ0v) is 10.9. The highest BCUT2D eigenvalue weighted by atomic mass is 35.5. The Bertz CT molecular complexity index is 322. The molecule has 0 bridgehead atoms. The third-order valence-corrected chi connectivity index (χ3v) is 3.84. The van der Waals surface area contributed by atoms with Crippen LogP contribution in [0, 0.1) is 5.41 Å². The molecule has 0 aliphatic heterocycles. The maximum atomic E-state index is 9.45. The highest BCUT2D eigenvalue weighted by molar-refractivity contribution is 6.36. The maximum absolute atomic E-state index is 9.45. The predicted octanol–water partition coefficient (Wildman–Crippen LogP) is 2.88. The molecule has 0 spiro atoms. The van der Waals surface area contributed by atoms with Crippen molar-refractivity contribution in [2.75, 3.05) is 13.2 Å². The Balaban J connectivity index is 3.02. The normalized spacial score (nSPS) is 14.8. The summed E-state index contributed by atoms with van der Waals surface area (Å²) in [5, 5.41) is 10.7. The van der Waals surface area contributed by atoms with E-state index < -0.39 is 0 Å². The molecule has 1 aromatic carbocycles. The number of halogens is 2. The maximum Gasteiger partial charge on any atom is 0.0502 e. The van der Waals surface area contributed by atoms with Crippen molar-refractivity contribution in [2.24, 2.45) is 11.1 Å². The van der Waals surface area contributed by atoms with E-state index in [-0.39, 0.29) is 12.0 Å². The van der Waals surface area contributed by atoms with Gasteiger partial charge in [-0.15, -0.1) is 0 Å². The molecule has 16 heavy (non-hydrogen) atoms. The van der Waals surface area contributed by atoms with Gasteiger partial charge in [0.1, 0.15) is 0 Å². The number of aliphatic hydroxyl groups excluding tert-OH is 1. The van der Waals surface area contributed by atoms with Gasteiger partial charge in [-0.2, -0.15) is 0 Å². The Morgan fingerprint density at radius 3 is 2.25 bits per heavy atom. The molecule has 1 unspecified atom stereocenters. The third-order valence-electron chi connectivity index (χ3n) is 3.13. The van der Waals surface area contributed by atoms with Crippen LogP contribution in [0.2, 0.25) is 10.0 Å². The molecule has 0 aromatic heterocycles. The van der Waals surface area contributed by atoms with Gasteiger partial charge in [0.2, 0.25) is 0 Å². The van der Waals surface area contributed by atoms with Crippen LogP contribution >= 0.6 is 23.2 Å². The van der Waals surface area contributed by atoms with Gasteiger partial charge < -0.3 is 10.8 Å². The minimum Gasteiger partial charge on any atom is -0.396 e. The van der Waals surface area contributed by atoms with E-state index >= 15 is 0 Å². The summed E-state index contributed by atoms with van der Waals surface area (Å²) < 4.78 is 0. The molecule has 0 saturated heterocycles. The number of hydrogen-bond acceptors (Lipinski definition) is 2. The third kappa shape index (κ3) is 2.89. The van der Waals surface area contributed by atoms with Gasteiger partial charge in [0.05, 0.1) is 6.61 Å². The molecule has 0 aliphatic rings. The van der Waals surface area contributed by atoms with E-state index in [1.165, 1.54) is 0 Å². The molecule has 4 heteroatoms. The van der Waals surface area contributed by atoms with E-state index in [0.717, 1.165) is 12.0 Å². The van der Waals surface area contributed by atoms with Gasteiger partial charge in [-0.05, 0) is 30.5 Å². The first-order valence-corrected chi connectivity index (χ1v) is 6.08. The van der Waals surface area contributed by atoms with Crippen LogP contribution < -0.4 is 5.73 Å². The molecule has 0 radical (unpaired) electrons. The topological polar surface area (TPSA) is 46.2 Å². The number of aliphatic hydroxyl groups is 1. The van der Waals surface area contributed by atoms with Crippen LogP contribution in [0.1, 0.15) is 18.9 Å². The lowest BCUT2D eigenvalue weighted by atomic mass is 9.80. The Morgan fingerprint density at radius 1 is 1.31 bits per heavy atom. The first-order chi connectivity index (χ1) is 7.58. The van der Waals surface area contributed by atoms with Crippen molar-refractivity contribution in [2.45, 2.75) is 19.8 Å². The quantitative estimate of drug-likeness (QED) is 0.857. The van der Waals surface area contributed by atoms with Crippen molar-refractivity contribution in [1.82, 2.24) is 0 Å². The van der Waals surface area contributed by atoms with Crippen molar-refractivity contribution < 1.29 is 5.11 Å². The monoisotopic (exact) mass is 261 g/mol. The smallest absolute Gasteiger partial charge is 0.0502 e. The lowest BCUT2D eigenvalue weighted by Crippen LogP contribution is -2.36. The summed E-state index contributed by atoms with van der Waals surface area (Å²) in [6, 6.07) is 5.41. The van der Waals surface area contributed by atoms with Gasteiger partial charge in [0.25, 0.3) is 0 Å². The van der Waals surface area contributed by atoms with Gasteiger partial charge >= 0.3 is 0 Å². The Hall–Kier alpha value is -0.280. The van der Waals surface area contributed by atoms with Crippen molar-refractivity contribution in [3.05, 3.63) is 33.8 Å². The molecule has 1 rings (SSSR count). The molecule has 2 nitrogen and oxygen atoms in total. The molecule has 0 heterocycles. The van der Waals surface area contributed by atoms with Crippen molar-refractivity contribution >= 4 is 23.2 Å². The number of hydrogen-bond donors (Lipinski definition) is 2. The fourth-order valence-corrected chi connectivity index (χ4v) is 2.18. The van der Waals surface area contributed by atoms with Crippen LogP contribution in [0.25, 0.3) is 0 Å². The zero-order valence-electron chi connectivity index (χ0n) is 9.34. The molecule has 1 atom stereocenters. The molecule has 0 saturated carbocycles. The lowest BCUT2D eigenvalue weighted by Gasteiger charge is -2.29. The second kappa shape index (κ2) is 5.87. The average molecular weight is 262 g/mol. The van der Waals surface area contributed by atoms with Gasteiger partial charge in [-0.25, -0.2) is 0 Å². The van der Waals surface area contributed by atoms with E-state index in [4.69, 9.17) is 28.9 Å². The first-order valence-electron chi connectivity index (χ1n) is 5.32. The van der Waals surface area contributed by atoms with Crippen LogP contribution in [0.3, 0.4) is 0 Å². The van der Waals surface area contributed by atoms with Crippen molar-refractivity contribution in [3.8, 4) is 0 Å². The van der Waals surface area contributed by atoms with Crippen LogP contribution in [-0.2, 0) is 6.42 Å². The van der Waals surface area contributed by atoms with Crippen LogP contribution in [0.4, 0.5) is 0 Å². The van der Waals surface area contributed by atoms with Gasteiger partial charge in [-0.1, -0.05) is 36.2 Å². The molecular formula is C12H17Cl2NO. The largest absolute Gasteiger partial charge is 0.396 e. The summed E-state index contributed by atoms with van der Waals surface area (Å²) in [4.78, 5) is 0. The highest BCUT2D eigenvalue weighted by Crippen LogP contribution is 2.33. The SMILES string of the molecule is CCC(CN)(CO)Cc1c(Cl)cccc1Cl. The molecule has 0 amide bonds. The standard InChI is InChI=1S/C12H17Cl2NO/c1-2-12(7-15,8-16)6-9-10(13)4-3-5-11(9)14/h3-5,16H,2,6-8,15H2,1H3. The predicted molar refractivity (Wildman–Crippen MR) is 69.0 cm³/mol. The minimum absolute atomic E-state index is 0.0432. The van der Waals surface area contributed by atoms with Gasteiger partial charge in [-0.3, -0.25) is 0 Å². The summed E-state index contributed by atoms with van der Waals surface area (Å²) in [6.07, 6.45) is 1.40. The van der Waals surface area contributed by atoms with E-state index in [2.05, 4.69) is 0 Å². The molecule has 90 valence electrons. The van der Waals surface area contributed by atoms with E-state index in [9.17, 15) is 5.11 Å². The van der Waals surface area contributed by atoms with Crippen LogP contribution in [0.5, 0.6) is 0 Å². The lowest BCUT2D eigenvalue weighted by molar-refractivity contribution is 0.127. The van der Waals surface area contributed by atoms with Crippen LogP contribution in [-0.4, -0.2) is 18.3 Å². The summed E-state index contributed by atoms with van der Waals surface area (Å²) >= 11 is 12.2. The van der Waals surface area contributed by atoms with Gasteiger partial charge in [0, 0.05) is 22.0 Å². The first kappa shape index (κ1) is 13.8. The summed E-state index contributed by atoms with van der Waals surface area (Å²) in [7, 11) is 0. The molecule has 3 N–H and O–H groups in total. The van der Waals surface area contributed by atoms with Crippen molar-refractivity contribution in [1.29, 1.82) is 0 Å². The number of rotatable bonds is 5. The summed E-state index contributed by atoms with van der Waals surface area (Å²) in [5.74, 6) is 0. The Morgan fingerprint density at radius 2 is 1.88 bits per heavy atom. The second-order valence-corrected chi connectivity index (χ2v) is 4.91. The second-order valence-electron chi connectivity index (χ2n) is 4.09. The number of benzene rings is 1. The molecule has 0 fully saturated rings. The van der Waals surface area contributed by atoms with E-state index in [0.29, 0.717) is 23.0 Å². The van der Waals surface area contributed by atoms with Gasteiger partial charge in [0.15, 0.2) is 0 Å². The fraction of sp³-hybridized carbons (Fsp3) is 0.500. The summed E-state index contributed by atoms with van der Waals surface area (Å²) in [5.41, 5.74) is 6.27. The van der Waals surface area contributed by atoms with E-state index in [1.54, 1.807) is 12.1 Å².